The summed E-state index contributed by atoms with van der Waals surface area (Å²) in [5.41, 5.74) is 0. The predicted octanol–water partition coefficient (Wildman–Crippen LogP) is 3.84. The molecule has 1 atom stereocenters. The van der Waals surface area contributed by atoms with E-state index in [0.29, 0.717) is 6.04 Å². The van der Waals surface area contributed by atoms with E-state index >= 15 is 0 Å². The second-order valence-corrected chi connectivity index (χ2v) is 5.42. The molecule has 0 amide bonds. The van der Waals surface area contributed by atoms with Crippen LogP contribution in [-0.2, 0) is 0 Å². The first-order chi connectivity index (χ1) is 9.22. The van der Waals surface area contributed by atoms with E-state index < -0.39 is 0 Å². The van der Waals surface area contributed by atoms with Gasteiger partial charge in [0.1, 0.15) is 17.5 Å². The van der Waals surface area contributed by atoms with Crippen LogP contribution in [0, 0.1) is 6.92 Å². The molecule has 19 heavy (non-hydrogen) atoms. The van der Waals surface area contributed by atoms with Crippen LogP contribution in [0.25, 0.3) is 0 Å². The minimum atomic E-state index is 0.323. The summed E-state index contributed by atoms with van der Waals surface area (Å²) in [5.74, 6) is 2.50. The van der Waals surface area contributed by atoms with E-state index in [0.717, 1.165) is 30.3 Å². The van der Waals surface area contributed by atoms with Gasteiger partial charge in [-0.05, 0) is 24.8 Å². The van der Waals surface area contributed by atoms with Gasteiger partial charge >= 0.3 is 0 Å². The van der Waals surface area contributed by atoms with Gasteiger partial charge in [0, 0.05) is 18.0 Å². The van der Waals surface area contributed by atoms with Crippen molar-refractivity contribution >= 4 is 23.0 Å². The molecule has 5 heteroatoms. The molecule has 0 aliphatic carbocycles. The maximum absolute atomic E-state index is 4.46. The molecule has 1 unspecified atom stereocenters. The molecule has 2 heterocycles. The van der Waals surface area contributed by atoms with Crippen LogP contribution < -0.4 is 10.6 Å². The molecule has 2 N–H and O–H groups in total. The Hall–Kier alpha value is -1.62. The number of nitrogens with one attached hydrogen (secondary N) is 2. The highest BCUT2D eigenvalue weighted by atomic mass is 32.1. The molecule has 0 radical (unpaired) electrons. The van der Waals surface area contributed by atoms with Crippen LogP contribution in [0.3, 0.4) is 0 Å². The third-order valence-electron chi connectivity index (χ3n) is 2.88. The summed E-state index contributed by atoms with van der Waals surface area (Å²) in [6.45, 7) is 4.11. The number of aryl methyl sites for hydroxylation is 1. The Morgan fingerprint density at radius 3 is 2.74 bits per heavy atom. The normalized spacial score (nSPS) is 12.2. The highest BCUT2D eigenvalue weighted by molar-refractivity contribution is 7.10. The van der Waals surface area contributed by atoms with E-state index in [2.05, 4.69) is 45.0 Å². The topological polar surface area (TPSA) is 49.8 Å². The lowest BCUT2D eigenvalue weighted by molar-refractivity contribution is 0.684. The van der Waals surface area contributed by atoms with E-state index in [1.807, 2.05) is 20.0 Å². The summed E-state index contributed by atoms with van der Waals surface area (Å²) >= 11 is 1.78. The van der Waals surface area contributed by atoms with Gasteiger partial charge in [0.05, 0.1) is 6.04 Å². The lowest BCUT2D eigenvalue weighted by Gasteiger charge is -2.18. The molecule has 0 saturated carbocycles. The number of hydrogen-bond acceptors (Lipinski definition) is 5. The fourth-order valence-corrected chi connectivity index (χ4v) is 2.82. The Kier molecular flexibility index (Phi) is 4.74. The Balaban J connectivity index is 2.19. The molecule has 4 nitrogen and oxygen atoms in total. The quantitative estimate of drug-likeness (QED) is 0.841. The smallest absolute Gasteiger partial charge is 0.132 e. The molecule has 0 fully saturated rings. The molecule has 0 aliphatic rings. The van der Waals surface area contributed by atoms with Crippen molar-refractivity contribution in [3.05, 3.63) is 34.3 Å². The zero-order valence-corrected chi connectivity index (χ0v) is 12.4. The van der Waals surface area contributed by atoms with E-state index in [9.17, 15) is 0 Å². The summed E-state index contributed by atoms with van der Waals surface area (Å²) in [7, 11) is 1.87. The maximum Gasteiger partial charge on any atom is 0.132 e. The molecule has 0 bridgehead atoms. The maximum atomic E-state index is 4.46. The van der Waals surface area contributed by atoms with E-state index in [4.69, 9.17) is 0 Å². The van der Waals surface area contributed by atoms with Crippen LogP contribution >= 0.6 is 11.3 Å². The van der Waals surface area contributed by atoms with Gasteiger partial charge < -0.3 is 10.6 Å². The standard InChI is InChI=1S/C14H20N4S/c1-4-6-11(12-7-5-8-19-12)18-14-9-13(15-3)16-10(2)17-14/h5,7-9,11H,4,6H2,1-3H3,(H2,15,16,17,18). The first kappa shape index (κ1) is 13.8. The third-order valence-corrected chi connectivity index (χ3v) is 3.87. The van der Waals surface area contributed by atoms with Crippen molar-refractivity contribution in [1.82, 2.24) is 9.97 Å². The molecule has 0 spiro atoms. The third kappa shape index (κ3) is 3.67. The van der Waals surface area contributed by atoms with Crippen molar-refractivity contribution in [2.75, 3.05) is 17.7 Å². The van der Waals surface area contributed by atoms with Gasteiger partial charge in [-0.1, -0.05) is 19.4 Å². The fraction of sp³-hybridized carbons (Fsp3) is 0.429. The van der Waals surface area contributed by atoms with Crippen molar-refractivity contribution in [3.63, 3.8) is 0 Å². The van der Waals surface area contributed by atoms with E-state index in [1.165, 1.54) is 4.88 Å². The first-order valence-corrected chi connectivity index (χ1v) is 7.44. The van der Waals surface area contributed by atoms with Gasteiger partial charge in [-0.3, -0.25) is 0 Å². The lowest BCUT2D eigenvalue weighted by Crippen LogP contribution is -2.11. The van der Waals surface area contributed by atoms with Gasteiger partial charge in [-0.2, -0.15) is 0 Å². The van der Waals surface area contributed by atoms with Gasteiger partial charge in [-0.25, -0.2) is 9.97 Å². The average Bonchev–Trinajstić information content (AvgIpc) is 2.91. The number of thiophene rings is 1. The summed E-state index contributed by atoms with van der Waals surface area (Å²) in [4.78, 5) is 10.1. The Morgan fingerprint density at radius 2 is 2.11 bits per heavy atom. The fourth-order valence-electron chi connectivity index (χ4n) is 2.01. The highest BCUT2D eigenvalue weighted by Crippen LogP contribution is 2.27. The molecule has 2 aromatic rings. The van der Waals surface area contributed by atoms with Crippen molar-refractivity contribution in [2.24, 2.45) is 0 Å². The number of nitrogens with zero attached hydrogens (tertiary/aromatic N) is 2. The average molecular weight is 276 g/mol. The summed E-state index contributed by atoms with van der Waals surface area (Å²) in [5, 5.41) is 8.69. The lowest BCUT2D eigenvalue weighted by atomic mass is 10.1. The van der Waals surface area contributed by atoms with Crippen LogP contribution in [0.1, 0.15) is 36.5 Å². The highest BCUT2D eigenvalue weighted by Gasteiger charge is 2.12. The van der Waals surface area contributed by atoms with Crippen LogP contribution in [0.4, 0.5) is 11.6 Å². The van der Waals surface area contributed by atoms with Gasteiger partial charge in [0.25, 0.3) is 0 Å². The van der Waals surface area contributed by atoms with Gasteiger partial charge in [-0.15, -0.1) is 11.3 Å². The minimum Gasteiger partial charge on any atom is -0.373 e. The number of rotatable bonds is 6. The van der Waals surface area contributed by atoms with Crippen molar-refractivity contribution in [3.8, 4) is 0 Å². The molecule has 0 aliphatic heterocycles. The molecule has 2 rings (SSSR count). The van der Waals surface area contributed by atoms with Gasteiger partial charge in [0.2, 0.25) is 0 Å². The predicted molar refractivity (Wildman–Crippen MR) is 81.9 cm³/mol. The number of anilines is 2. The Bertz CT molecular complexity index is 510. The largest absolute Gasteiger partial charge is 0.373 e. The van der Waals surface area contributed by atoms with E-state index in [1.54, 1.807) is 11.3 Å². The molecular weight excluding hydrogens is 256 g/mol. The molecule has 102 valence electrons. The molecule has 0 aromatic carbocycles. The summed E-state index contributed by atoms with van der Waals surface area (Å²) in [6.07, 6.45) is 2.23. The Labute approximate surface area is 118 Å². The second kappa shape index (κ2) is 6.52. The summed E-state index contributed by atoms with van der Waals surface area (Å²) in [6, 6.07) is 6.53. The van der Waals surface area contributed by atoms with Gasteiger partial charge in [0.15, 0.2) is 0 Å². The Morgan fingerprint density at radius 1 is 1.32 bits per heavy atom. The monoisotopic (exact) mass is 276 g/mol. The zero-order chi connectivity index (χ0) is 13.7. The second-order valence-electron chi connectivity index (χ2n) is 4.44. The van der Waals surface area contributed by atoms with Crippen molar-refractivity contribution < 1.29 is 0 Å². The molecular formula is C14H20N4S. The number of aromatic nitrogens is 2. The molecule has 0 saturated heterocycles. The summed E-state index contributed by atoms with van der Waals surface area (Å²) < 4.78 is 0. The first-order valence-electron chi connectivity index (χ1n) is 6.56. The van der Waals surface area contributed by atoms with Crippen LogP contribution in [0.5, 0.6) is 0 Å². The molecule has 2 aromatic heterocycles. The number of hydrogen-bond donors (Lipinski definition) is 2. The zero-order valence-electron chi connectivity index (χ0n) is 11.6. The van der Waals surface area contributed by atoms with Crippen LogP contribution in [0.2, 0.25) is 0 Å². The van der Waals surface area contributed by atoms with Crippen LogP contribution in [-0.4, -0.2) is 17.0 Å². The van der Waals surface area contributed by atoms with E-state index in [-0.39, 0.29) is 0 Å². The minimum absolute atomic E-state index is 0.323. The van der Waals surface area contributed by atoms with Crippen LogP contribution in [0.15, 0.2) is 23.6 Å². The SMILES string of the molecule is CCCC(Nc1cc(NC)nc(C)n1)c1cccs1. The van der Waals surface area contributed by atoms with Crippen molar-refractivity contribution in [2.45, 2.75) is 32.7 Å². The van der Waals surface area contributed by atoms with Crippen molar-refractivity contribution in [1.29, 1.82) is 0 Å².